The Morgan fingerprint density at radius 3 is 2.30 bits per heavy atom. The third-order valence-corrected chi connectivity index (χ3v) is 6.86. The Balaban J connectivity index is 1.51. The molecule has 1 fully saturated rings. The van der Waals surface area contributed by atoms with E-state index in [-0.39, 0.29) is 5.43 Å². The van der Waals surface area contributed by atoms with Crippen LogP contribution < -0.4 is 10.3 Å². The van der Waals surface area contributed by atoms with Crippen LogP contribution in [-0.4, -0.2) is 26.3 Å². The monoisotopic (exact) mass is 413 g/mol. The van der Waals surface area contributed by atoms with Crippen LogP contribution >= 0.6 is 11.3 Å². The lowest BCUT2D eigenvalue weighted by Gasteiger charge is -2.28. The molecular weight excluding hydrogens is 390 g/mol. The summed E-state index contributed by atoms with van der Waals surface area (Å²) in [7, 11) is 0. The van der Waals surface area contributed by atoms with Crippen molar-refractivity contribution in [1.82, 2.24) is 0 Å². The fraction of sp³-hybridized carbons (Fsp3) is 0.192. The van der Waals surface area contributed by atoms with Crippen molar-refractivity contribution in [2.24, 2.45) is 0 Å². The van der Waals surface area contributed by atoms with Crippen LogP contribution in [0.5, 0.6) is 0 Å². The minimum absolute atomic E-state index is 0.0545. The van der Waals surface area contributed by atoms with Crippen molar-refractivity contribution in [2.45, 2.75) is 6.92 Å². The maximum atomic E-state index is 12.3. The van der Waals surface area contributed by atoms with Gasteiger partial charge in [-0.05, 0) is 39.9 Å². The number of hydrogen-bond acceptors (Lipinski definition) is 4. The second-order valence-corrected chi connectivity index (χ2v) is 8.71. The minimum atomic E-state index is 0.0545. The lowest BCUT2D eigenvalue weighted by Crippen LogP contribution is -2.36. The first kappa shape index (κ1) is 19.0. The predicted octanol–water partition coefficient (Wildman–Crippen LogP) is 5.74. The molecule has 1 saturated heterocycles. The molecule has 4 aromatic rings. The lowest BCUT2D eigenvalue weighted by molar-refractivity contribution is 0.123. The first-order valence-corrected chi connectivity index (χ1v) is 11.1. The van der Waals surface area contributed by atoms with Crippen LogP contribution in [0, 0.1) is 6.92 Å². The van der Waals surface area contributed by atoms with Gasteiger partial charge in [-0.1, -0.05) is 60.7 Å². The third kappa shape index (κ3) is 3.64. The van der Waals surface area contributed by atoms with Crippen molar-refractivity contribution in [1.29, 1.82) is 0 Å². The molecule has 3 nitrogen and oxygen atoms in total. The van der Waals surface area contributed by atoms with Crippen molar-refractivity contribution >= 4 is 27.1 Å². The number of ether oxygens (including phenoxy) is 1. The van der Waals surface area contributed by atoms with E-state index in [4.69, 9.17) is 4.74 Å². The second-order valence-electron chi connectivity index (χ2n) is 7.65. The second kappa shape index (κ2) is 8.05. The summed E-state index contributed by atoms with van der Waals surface area (Å²) in [6, 6.07) is 25.0. The van der Waals surface area contributed by atoms with Crippen LogP contribution in [0.25, 0.3) is 32.3 Å². The van der Waals surface area contributed by atoms with Crippen LogP contribution in [0.2, 0.25) is 0 Å². The highest BCUT2D eigenvalue weighted by atomic mass is 32.1. The van der Waals surface area contributed by atoms with E-state index in [0.29, 0.717) is 13.2 Å². The first-order valence-electron chi connectivity index (χ1n) is 10.3. The summed E-state index contributed by atoms with van der Waals surface area (Å²) in [6.07, 6.45) is 0. The fourth-order valence-corrected chi connectivity index (χ4v) is 5.20. The highest BCUT2D eigenvalue weighted by Crippen LogP contribution is 2.34. The third-order valence-electron chi connectivity index (χ3n) is 5.70. The smallest absolute Gasteiger partial charge is 0.182 e. The maximum absolute atomic E-state index is 12.3. The van der Waals surface area contributed by atoms with Crippen LogP contribution in [0.4, 0.5) is 5.00 Å². The molecule has 0 aliphatic carbocycles. The molecule has 2 heterocycles. The van der Waals surface area contributed by atoms with Gasteiger partial charge in [0.1, 0.15) is 0 Å². The van der Waals surface area contributed by atoms with Gasteiger partial charge in [0.05, 0.1) is 18.2 Å². The molecule has 0 spiro atoms. The summed E-state index contributed by atoms with van der Waals surface area (Å²) in [6.45, 7) is 5.24. The van der Waals surface area contributed by atoms with Gasteiger partial charge in [-0.25, -0.2) is 0 Å². The molecule has 150 valence electrons. The summed E-state index contributed by atoms with van der Waals surface area (Å²) < 4.78 is 5.44. The SMILES string of the molecule is Cc1ccc(-c2ccc(-c3cc(=O)cc(N4CCOCC4)s3)cc2)c2ccccc12. The predicted molar refractivity (Wildman–Crippen MR) is 127 cm³/mol. The van der Waals surface area contributed by atoms with Crippen LogP contribution in [0.15, 0.2) is 77.6 Å². The topological polar surface area (TPSA) is 29.5 Å². The quantitative estimate of drug-likeness (QED) is 0.429. The van der Waals surface area contributed by atoms with Gasteiger partial charge in [-0.2, -0.15) is 0 Å². The number of aryl methyl sites for hydroxylation is 1. The van der Waals surface area contributed by atoms with E-state index in [0.717, 1.165) is 28.5 Å². The molecule has 5 rings (SSSR count). The van der Waals surface area contributed by atoms with Crippen LogP contribution in [0.3, 0.4) is 0 Å². The van der Waals surface area contributed by atoms with Crippen molar-refractivity contribution < 1.29 is 4.74 Å². The molecule has 0 atom stereocenters. The number of fused-ring (bicyclic) bond motifs is 1. The molecule has 1 aliphatic heterocycles. The molecular formula is C26H23NO2S. The molecule has 0 saturated carbocycles. The molecule has 0 unspecified atom stereocenters. The highest BCUT2D eigenvalue weighted by Gasteiger charge is 2.14. The van der Waals surface area contributed by atoms with Gasteiger partial charge in [0.25, 0.3) is 0 Å². The summed E-state index contributed by atoms with van der Waals surface area (Å²) in [5.41, 5.74) is 4.84. The summed E-state index contributed by atoms with van der Waals surface area (Å²) in [5.74, 6) is 0. The fourth-order valence-electron chi connectivity index (χ4n) is 4.06. The summed E-state index contributed by atoms with van der Waals surface area (Å²) >= 11 is 1.67. The molecule has 30 heavy (non-hydrogen) atoms. The molecule has 1 aromatic heterocycles. The zero-order chi connectivity index (χ0) is 20.5. The zero-order valence-corrected chi connectivity index (χ0v) is 17.7. The van der Waals surface area contributed by atoms with E-state index in [1.54, 1.807) is 23.5 Å². The van der Waals surface area contributed by atoms with Gasteiger partial charge < -0.3 is 9.64 Å². The van der Waals surface area contributed by atoms with E-state index >= 15 is 0 Å². The van der Waals surface area contributed by atoms with Crippen molar-refractivity contribution in [3.05, 3.63) is 88.6 Å². The largest absolute Gasteiger partial charge is 0.378 e. The number of hydrogen-bond donors (Lipinski definition) is 0. The summed E-state index contributed by atoms with van der Waals surface area (Å²) in [5, 5.41) is 3.58. The van der Waals surface area contributed by atoms with Gasteiger partial charge in [0.2, 0.25) is 0 Å². The summed E-state index contributed by atoms with van der Waals surface area (Å²) in [4.78, 5) is 15.6. The molecule has 4 heteroatoms. The van der Waals surface area contributed by atoms with E-state index in [1.807, 2.05) is 0 Å². The van der Waals surface area contributed by atoms with E-state index in [9.17, 15) is 4.79 Å². The lowest BCUT2D eigenvalue weighted by atomic mass is 9.95. The minimum Gasteiger partial charge on any atom is -0.378 e. The normalized spacial score (nSPS) is 14.2. The van der Waals surface area contributed by atoms with Gasteiger partial charge in [-0.15, -0.1) is 11.3 Å². The molecule has 0 amide bonds. The van der Waals surface area contributed by atoms with Crippen LogP contribution in [0.1, 0.15) is 5.56 Å². The van der Waals surface area contributed by atoms with E-state index < -0.39 is 0 Å². The Bertz CT molecular complexity index is 1250. The van der Waals surface area contributed by atoms with E-state index in [2.05, 4.69) is 72.5 Å². The van der Waals surface area contributed by atoms with Gasteiger partial charge >= 0.3 is 0 Å². The maximum Gasteiger partial charge on any atom is 0.182 e. The number of benzene rings is 3. The first-order chi connectivity index (χ1) is 14.7. The number of rotatable bonds is 3. The number of nitrogens with zero attached hydrogens (tertiary/aromatic N) is 1. The molecule has 0 radical (unpaired) electrons. The van der Waals surface area contributed by atoms with Gasteiger partial charge in [-0.3, -0.25) is 4.79 Å². The number of anilines is 1. The molecule has 0 bridgehead atoms. The zero-order valence-electron chi connectivity index (χ0n) is 16.9. The average molecular weight is 414 g/mol. The van der Waals surface area contributed by atoms with Crippen LogP contribution in [-0.2, 0) is 4.74 Å². The number of morpholine rings is 1. The standard InChI is InChI=1S/C26H23NO2S/c1-18-6-11-23(24-5-3-2-4-22(18)24)19-7-9-20(10-8-19)25-16-21(28)17-26(30-25)27-12-14-29-15-13-27/h2-11,16-17H,12-15H2,1H3. The average Bonchev–Trinajstić information content (AvgIpc) is 2.80. The molecule has 3 aromatic carbocycles. The van der Waals surface area contributed by atoms with E-state index in [1.165, 1.54) is 27.5 Å². The molecule has 0 N–H and O–H groups in total. The Labute approximate surface area is 180 Å². The molecule has 1 aliphatic rings. The Hall–Kier alpha value is -2.95. The van der Waals surface area contributed by atoms with Crippen molar-refractivity contribution in [2.75, 3.05) is 31.2 Å². The van der Waals surface area contributed by atoms with Gasteiger partial charge in [0.15, 0.2) is 5.43 Å². The van der Waals surface area contributed by atoms with Crippen molar-refractivity contribution in [3.8, 4) is 21.6 Å². The van der Waals surface area contributed by atoms with Crippen molar-refractivity contribution in [3.63, 3.8) is 0 Å². The Morgan fingerprint density at radius 2 is 1.53 bits per heavy atom. The Kier molecular flexibility index (Phi) is 5.11. The highest BCUT2D eigenvalue weighted by molar-refractivity contribution is 7.19. The van der Waals surface area contributed by atoms with Gasteiger partial charge in [0, 0.05) is 30.1 Å². The Morgan fingerprint density at radius 1 is 0.833 bits per heavy atom.